The molecule has 7 heteroatoms. The van der Waals surface area contributed by atoms with E-state index in [1.807, 2.05) is 50.4 Å². The van der Waals surface area contributed by atoms with Crippen molar-refractivity contribution in [3.05, 3.63) is 58.3 Å². The highest BCUT2D eigenvalue weighted by Crippen LogP contribution is 2.24. The van der Waals surface area contributed by atoms with Gasteiger partial charge < -0.3 is 10.2 Å². The molecule has 0 spiro atoms. The molecule has 0 saturated heterocycles. The maximum atomic E-state index is 13.1. The number of halogens is 2. The molecule has 1 unspecified atom stereocenters. The maximum absolute atomic E-state index is 13.1. The first-order chi connectivity index (χ1) is 11.8. The van der Waals surface area contributed by atoms with Crippen molar-refractivity contribution < 1.29 is 9.36 Å². The molecule has 0 radical (unpaired) electrons. The molecule has 1 aromatic carbocycles. The third-order valence-corrected chi connectivity index (χ3v) is 4.61. The summed E-state index contributed by atoms with van der Waals surface area (Å²) in [6, 6.07) is 8.02. The van der Waals surface area contributed by atoms with Gasteiger partial charge in [0.15, 0.2) is 17.4 Å². The van der Waals surface area contributed by atoms with Crippen molar-refractivity contribution in [1.29, 1.82) is 0 Å². The van der Waals surface area contributed by atoms with E-state index < -0.39 is 6.04 Å². The summed E-state index contributed by atoms with van der Waals surface area (Å²) in [6.07, 6.45) is 3.68. The first-order valence-electron chi connectivity index (χ1n) is 7.80. The fraction of sp³-hybridized carbons (Fsp3) is 0.278. The number of likely N-dealkylation sites (N-methyl/N-ethyl adjacent to an activating group) is 1. The van der Waals surface area contributed by atoms with E-state index in [-0.39, 0.29) is 5.78 Å². The highest BCUT2D eigenvalue weighted by atomic mass is 35.5. The molecule has 4 nitrogen and oxygen atoms in total. The van der Waals surface area contributed by atoms with Crippen LogP contribution in [-0.2, 0) is 0 Å². The molecule has 0 fully saturated rings. The molecule has 25 heavy (non-hydrogen) atoms. The molecule has 2 rings (SSSR count). The Kier molecular flexibility index (Phi) is 6.76. The van der Waals surface area contributed by atoms with Crippen LogP contribution >= 0.6 is 35.4 Å². The van der Waals surface area contributed by atoms with Crippen LogP contribution in [0.1, 0.15) is 23.3 Å². The number of nitrogens with one attached hydrogen (secondary N) is 1. The predicted molar refractivity (Wildman–Crippen MR) is 107 cm³/mol. The average Bonchev–Trinajstić information content (AvgIpc) is 2.55. The Balaban J connectivity index is 2.45. The van der Waals surface area contributed by atoms with Crippen LogP contribution in [0.3, 0.4) is 0 Å². The quantitative estimate of drug-likeness (QED) is 0.458. The Bertz CT molecular complexity index is 778. The first kappa shape index (κ1) is 19.6. The molecule has 0 aliphatic carbocycles. The topological polar surface area (TPSA) is 36.2 Å². The minimum Gasteiger partial charge on any atom is -0.377 e. The summed E-state index contributed by atoms with van der Waals surface area (Å²) in [5, 5.41) is 3.87. The van der Waals surface area contributed by atoms with Gasteiger partial charge in [0, 0.05) is 49.0 Å². The van der Waals surface area contributed by atoms with Crippen LogP contribution in [0.25, 0.3) is 0 Å². The van der Waals surface area contributed by atoms with Crippen molar-refractivity contribution in [2.24, 2.45) is 0 Å². The molecule has 0 aliphatic rings. The fourth-order valence-electron chi connectivity index (χ4n) is 2.40. The lowest BCUT2D eigenvalue weighted by Gasteiger charge is -2.16. The van der Waals surface area contributed by atoms with Crippen LogP contribution < -0.4 is 14.8 Å². The molecule has 0 amide bonds. The zero-order chi connectivity index (χ0) is 18.6. The van der Waals surface area contributed by atoms with Crippen molar-refractivity contribution >= 4 is 51.9 Å². The normalized spacial score (nSPS) is 11.7. The summed E-state index contributed by atoms with van der Waals surface area (Å²) in [7, 11) is 3.91. The standard InChI is InChI=1S/C18H19Cl2N3OS/c1-4-21-18(25)16(23-9-7-13(8-10-23)22(2)3)17(24)14-6-5-12(19)11-15(14)20/h5-11,16H,4H2,1-3H3/p+1. The zero-order valence-electron chi connectivity index (χ0n) is 14.3. The molecule has 2 aromatic rings. The van der Waals surface area contributed by atoms with Crippen LogP contribution in [0.15, 0.2) is 42.7 Å². The molecule has 0 saturated carbocycles. The summed E-state index contributed by atoms with van der Waals surface area (Å²) < 4.78 is 1.78. The minimum absolute atomic E-state index is 0.185. The number of Topliss-reactive ketones (excluding diaryl/α,β-unsaturated/α-hetero) is 1. The summed E-state index contributed by atoms with van der Waals surface area (Å²) in [4.78, 5) is 15.6. The lowest BCUT2D eigenvalue weighted by atomic mass is 10.0. The van der Waals surface area contributed by atoms with Gasteiger partial charge in [-0.15, -0.1) is 0 Å². The van der Waals surface area contributed by atoms with Crippen LogP contribution in [0, 0.1) is 0 Å². The summed E-state index contributed by atoms with van der Waals surface area (Å²) in [6.45, 7) is 2.57. The minimum atomic E-state index is -0.676. The van der Waals surface area contributed by atoms with E-state index in [0.29, 0.717) is 27.1 Å². The third kappa shape index (κ3) is 4.69. The fourth-order valence-corrected chi connectivity index (χ4v) is 3.27. The lowest BCUT2D eigenvalue weighted by Crippen LogP contribution is -2.51. The second-order valence-electron chi connectivity index (χ2n) is 5.68. The number of carbonyl (C=O) groups excluding carboxylic acids is 1. The summed E-state index contributed by atoms with van der Waals surface area (Å²) in [5.41, 5.74) is 1.42. The van der Waals surface area contributed by atoms with E-state index in [1.165, 1.54) is 0 Å². The number of thiocarbonyl (C=S) groups is 1. The number of carbonyl (C=O) groups is 1. The number of aromatic nitrogens is 1. The van der Waals surface area contributed by atoms with Gasteiger partial charge in [0.1, 0.15) is 0 Å². The number of rotatable bonds is 6. The Labute approximate surface area is 163 Å². The number of anilines is 1. The number of benzene rings is 1. The molecule has 132 valence electrons. The highest BCUT2D eigenvalue weighted by molar-refractivity contribution is 7.80. The van der Waals surface area contributed by atoms with E-state index in [1.54, 1.807) is 22.8 Å². The van der Waals surface area contributed by atoms with Crippen molar-refractivity contribution in [2.75, 3.05) is 25.5 Å². The number of hydrogen-bond acceptors (Lipinski definition) is 3. The van der Waals surface area contributed by atoms with Gasteiger partial charge in [-0.2, -0.15) is 4.57 Å². The molecule has 1 N–H and O–H groups in total. The van der Waals surface area contributed by atoms with Crippen LogP contribution in [0.5, 0.6) is 0 Å². The van der Waals surface area contributed by atoms with E-state index >= 15 is 0 Å². The molecule has 0 bridgehead atoms. The monoisotopic (exact) mass is 396 g/mol. The lowest BCUT2D eigenvalue weighted by molar-refractivity contribution is -0.692. The Morgan fingerprint density at radius 3 is 2.40 bits per heavy atom. The van der Waals surface area contributed by atoms with Gasteiger partial charge in [0.25, 0.3) is 6.04 Å². The average molecular weight is 397 g/mol. The van der Waals surface area contributed by atoms with Gasteiger partial charge in [-0.1, -0.05) is 35.4 Å². The Morgan fingerprint density at radius 1 is 1.24 bits per heavy atom. The van der Waals surface area contributed by atoms with E-state index in [4.69, 9.17) is 35.4 Å². The smallest absolute Gasteiger partial charge is 0.270 e. The number of ketones is 1. The van der Waals surface area contributed by atoms with Gasteiger partial charge in [-0.25, -0.2) is 0 Å². The molecule has 1 atom stereocenters. The zero-order valence-corrected chi connectivity index (χ0v) is 16.6. The van der Waals surface area contributed by atoms with Gasteiger partial charge in [-0.05, 0) is 25.1 Å². The summed E-state index contributed by atoms with van der Waals surface area (Å²) >= 11 is 17.6. The van der Waals surface area contributed by atoms with E-state index in [2.05, 4.69) is 5.32 Å². The van der Waals surface area contributed by atoms with Gasteiger partial charge >= 0.3 is 0 Å². The van der Waals surface area contributed by atoms with Crippen LogP contribution in [0.4, 0.5) is 5.69 Å². The molecular formula is C18H20Cl2N3OS+. The number of pyridine rings is 1. The molecule has 1 heterocycles. The number of nitrogens with zero attached hydrogens (tertiary/aromatic N) is 2. The van der Waals surface area contributed by atoms with Crippen molar-refractivity contribution in [2.45, 2.75) is 13.0 Å². The molecule has 1 aromatic heterocycles. The Hall–Kier alpha value is -1.69. The van der Waals surface area contributed by atoms with Gasteiger partial charge in [0.05, 0.1) is 5.02 Å². The van der Waals surface area contributed by atoms with Crippen molar-refractivity contribution in [3.8, 4) is 0 Å². The van der Waals surface area contributed by atoms with Crippen molar-refractivity contribution in [3.63, 3.8) is 0 Å². The second kappa shape index (κ2) is 8.61. The molecule has 0 aliphatic heterocycles. The third-order valence-electron chi connectivity index (χ3n) is 3.69. The highest BCUT2D eigenvalue weighted by Gasteiger charge is 2.34. The largest absolute Gasteiger partial charge is 0.377 e. The number of hydrogen-bond donors (Lipinski definition) is 1. The van der Waals surface area contributed by atoms with Crippen LogP contribution in [-0.4, -0.2) is 31.4 Å². The van der Waals surface area contributed by atoms with Gasteiger partial charge in [0.2, 0.25) is 5.78 Å². The predicted octanol–water partition coefficient (Wildman–Crippen LogP) is 3.71. The Morgan fingerprint density at radius 2 is 1.88 bits per heavy atom. The first-order valence-corrected chi connectivity index (χ1v) is 8.96. The SMILES string of the molecule is CCNC(=S)C(C(=O)c1ccc(Cl)cc1Cl)[n+]1ccc(N(C)C)cc1. The van der Waals surface area contributed by atoms with Crippen LogP contribution in [0.2, 0.25) is 10.0 Å². The van der Waals surface area contributed by atoms with Crippen molar-refractivity contribution in [1.82, 2.24) is 5.32 Å². The van der Waals surface area contributed by atoms with E-state index in [9.17, 15) is 4.79 Å². The van der Waals surface area contributed by atoms with Gasteiger partial charge in [-0.3, -0.25) is 4.79 Å². The van der Waals surface area contributed by atoms with E-state index in [0.717, 1.165) is 5.69 Å². The maximum Gasteiger partial charge on any atom is 0.270 e. The molecular weight excluding hydrogens is 377 g/mol. The summed E-state index contributed by atoms with van der Waals surface area (Å²) in [5.74, 6) is -0.185. The second-order valence-corrected chi connectivity index (χ2v) is 6.97.